The van der Waals surface area contributed by atoms with Crippen LogP contribution in [0.5, 0.6) is 0 Å². The number of carbonyl (C=O) groups is 2. The average Bonchev–Trinajstić information content (AvgIpc) is 2.97. The highest BCUT2D eigenvalue weighted by atomic mass is 16.5. The standard InChI is InChI=1S/C33H44O8/c1-4-5-6-7-27-8-10-30(11-9-27)31-21-28(12-16-40-32(36)25(2)23-38-18-14-34)20-29(22-31)13-17-41-33(37)26(3)24-39-19-15-35/h8-11,20-22,34-35H,2-7,12-19,23-24H2,1H3. The van der Waals surface area contributed by atoms with E-state index in [1.54, 1.807) is 0 Å². The smallest absolute Gasteiger partial charge is 0.335 e. The van der Waals surface area contributed by atoms with Crippen LogP contribution in [0, 0.1) is 0 Å². The third-order valence-electron chi connectivity index (χ3n) is 6.26. The molecule has 8 nitrogen and oxygen atoms in total. The van der Waals surface area contributed by atoms with Crippen molar-refractivity contribution < 1.29 is 38.7 Å². The molecule has 0 saturated heterocycles. The Bertz CT molecular complexity index is 1050. The lowest BCUT2D eigenvalue weighted by atomic mass is 9.96. The van der Waals surface area contributed by atoms with Crippen LogP contribution < -0.4 is 0 Å². The van der Waals surface area contributed by atoms with Crippen LogP contribution in [-0.2, 0) is 47.8 Å². The van der Waals surface area contributed by atoms with Crippen LogP contribution in [0.3, 0.4) is 0 Å². The average molecular weight is 569 g/mol. The summed E-state index contributed by atoms with van der Waals surface area (Å²) in [4.78, 5) is 24.4. The van der Waals surface area contributed by atoms with Gasteiger partial charge in [-0.15, -0.1) is 0 Å². The topological polar surface area (TPSA) is 112 Å². The van der Waals surface area contributed by atoms with Gasteiger partial charge < -0.3 is 29.2 Å². The summed E-state index contributed by atoms with van der Waals surface area (Å²) in [6, 6.07) is 14.7. The molecule has 0 bridgehead atoms. The van der Waals surface area contributed by atoms with E-state index >= 15 is 0 Å². The molecular formula is C33H44O8. The van der Waals surface area contributed by atoms with Gasteiger partial charge in [0.2, 0.25) is 0 Å². The number of carbonyl (C=O) groups excluding carboxylic acids is 2. The van der Waals surface area contributed by atoms with E-state index in [1.165, 1.54) is 24.8 Å². The highest BCUT2D eigenvalue weighted by Gasteiger charge is 2.12. The Hall–Kier alpha value is -3.30. The van der Waals surface area contributed by atoms with Gasteiger partial charge >= 0.3 is 11.9 Å². The van der Waals surface area contributed by atoms with E-state index in [9.17, 15) is 9.59 Å². The first-order chi connectivity index (χ1) is 19.9. The van der Waals surface area contributed by atoms with Crippen molar-refractivity contribution >= 4 is 11.9 Å². The summed E-state index contributed by atoms with van der Waals surface area (Å²) in [7, 11) is 0. The zero-order valence-corrected chi connectivity index (χ0v) is 24.2. The number of hydrogen-bond acceptors (Lipinski definition) is 8. The zero-order valence-electron chi connectivity index (χ0n) is 24.2. The van der Waals surface area contributed by atoms with E-state index in [-0.39, 0.29) is 64.0 Å². The lowest BCUT2D eigenvalue weighted by Crippen LogP contribution is -2.15. The first kappa shape index (κ1) is 33.9. The number of unbranched alkanes of at least 4 members (excludes halogenated alkanes) is 2. The second-order valence-corrected chi connectivity index (χ2v) is 9.72. The van der Waals surface area contributed by atoms with E-state index in [0.717, 1.165) is 28.7 Å². The molecule has 2 aromatic carbocycles. The Labute approximate surface area is 243 Å². The SMILES string of the molecule is C=C(COCCO)C(=O)OCCc1cc(CCOC(=O)C(=C)COCCO)cc(-c2ccc(CCCCC)cc2)c1. The van der Waals surface area contributed by atoms with Gasteiger partial charge in [0.05, 0.1) is 64.0 Å². The summed E-state index contributed by atoms with van der Waals surface area (Å²) in [5.41, 5.74) is 5.75. The Kier molecular flexibility index (Phi) is 16.3. The Balaban J connectivity index is 2.08. The van der Waals surface area contributed by atoms with Crippen LogP contribution in [0.4, 0.5) is 0 Å². The predicted molar refractivity (Wildman–Crippen MR) is 159 cm³/mol. The number of ether oxygens (including phenoxy) is 4. The lowest BCUT2D eigenvalue weighted by Gasteiger charge is -2.13. The zero-order chi connectivity index (χ0) is 29.9. The lowest BCUT2D eigenvalue weighted by molar-refractivity contribution is -0.140. The molecule has 0 atom stereocenters. The van der Waals surface area contributed by atoms with Gasteiger partial charge in [0.25, 0.3) is 0 Å². The van der Waals surface area contributed by atoms with Gasteiger partial charge in [-0.05, 0) is 40.7 Å². The molecule has 0 spiro atoms. The number of aliphatic hydroxyl groups excluding tert-OH is 2. The molecule has 2 rings (SSSR count). The highest BCUT2D eigenvalue weighted by Crippen LogP contribution is 2.24. The molecule has 0 heterocycles. The molecule has 0 unspecified atom stereocenters. The maximum Gasteiger partial charge on any atom is 0.335 e. The first-order valence-corrected chi connectivity index (χ1v) is 14.2. The van der Waals surface area contributed by atoms with Crippen LogP contribution in [0.25, 0.3) is 11.1 Å². The van der Waals surface area contributed by atoms with Gasteiger partial charge in [0.15, 0.2) is 0 Å². The summed E-state index contributed by atoms with van der Waals surface area (Å²) in [5.74, 6) is -1.07. The molecule has 2 N–H and O–H groups in total. The van der Waals surface area contributed by atoms with Gasteiger partial charge in [0, 0.05) is 12.8 Å². The molecule has 0 aliphatic rings. The third-order valence-corrected chi connectivity index (χ3v) is 6.26. The van der Waals surface area contributed by atoms with Crippen molar-refractivity contribution in [3.05, 3.63) is 83.5 Å². The fraction of sp³-hybridized carbons (Fsp3) is 0.455. The Morgan fingerprint density at radius 1 is 0.659 bits per heavy atom. The van der Waals surface area contributed by atoms with E-state index in [2.05, 4.69) is 56.5 Å². The minimum absolute atomic E-state index is 0.00612. The molecule has 41 heavy (non-hydrogen) atoms. The van der Waals surface area contributed by atoms with Crippen molar-refractivity contribution in [2.75, 3.05) is 52.9 Å². The van der Waals surface area contributed by atoms with E-state index in [1.807, 2.05) is 6.07 Å². The largest absolute Gasteiger partial charge is 0.462 e. The van der Waals surface area contributed by atoms with E-state index in [4.69, 9.17) is 29.2 Å². The second kappa shape index (κ2) is 19.7. The summed E-state index contributed by atoms with van der Waals surface area (Å²) < 4.78 is 21.0. The van der Waals surface area contributed by atoms with Crippen molar-refractivity contribution in [2.24, 2.45) is 0 Å². The second-order valence-electron chi connectivity index (χ2n) is 9.72. The van der Waals surface area contributed by atoms with Crippen LogP contribution in [0.15, 0.2) is 66.8 Å². The van der Waals surface area contributed by atoms with E-state index in [0.29, 0.717) is 12.8 Å². The van der Waals surface area contributed by atoms with Crippen molar-refractivity contribution in [1.82, 2.24) is 0 Å². The van der Waals surface area contributed by atoms with Crippen molar-refractivity contribution in [3.8, 4) is 11.1 Å². The molecule has 224 valence electrons. The maximum atomic E-state index is 12.2. The monoisotopic (exact) mass is 568 g/mol. The van der Waals surface area contributed by atoms with Crippen LogP contribution in [0.2, 0.25) is 0 Å². The molecule has 8 heteroatoms. The van der Waals surface area contributed by atoms with Gasteiger partial charge in [-0.3, -0.25) is 0 Å². The summed E-state index contributed by atoms with van der Waals surface area (Å²) >= 11 is 0. The van der Waals surface area contributed by atoms with Gasteiger partial charge in [-0.2, -0.15) is 0 Å². The summed E-state index contributed by atoms with van der Waals surface area (Å²) in [6.45, 7) is 9.91. The molecule has 2 aromatic rings. The molecule has 0 aliphatic carbocycles. The van der Waals surface area contributed by atoms with E-state index < -0.39 is 11.9 Å². The number of benzene rings is 2. The number of aryl methyl sites for hydroxylation is 1. The van der Waals surface area contributed by atoms with Crippen LogP contribution in [0.1, 0.15) is 42.9 Å². The first-order valence-electron chi connectivity index (χ1n) is 14.2. The molecule has 0 saturated carbocycles. The molecule has 0 aliphatic heterocycles. The van der Waals surface area contributed by atoms with Crippen molar-refractivity contribution in [3.63, 3.8) is 0 Å². The summed E-state index contributed by atoms with van der Waals surface area (Å²) in [5, 5.41) is 17.6. The molecule has 0 radical (unpaired) electrons. The molecule has 0 amide bonds. The van der Waals surface area contributed by atoms with Crippen LogP contribution in [-0.4, -0.2) is 75.0 Å². The Morgan fingerprint density at radius 3 is 1.63 bits per heavy atom. The molecular weight excluding hydrogens is 524 g/mol. The highest BCUT2D eigenvalue weighted by molar-refractivity contribution is 5.88. The maximum absolute atomic E-state index is 12.2. The number of rotatable bonds is 21. The molecule has 0 fully saturated rings. The fourth-order valence-corrected chi connectivity index (χ4v) is 4.03. The number of hydrogen-bond donors (Lipinski definition) is 2. The van der Waals surface area contributed by atoms with Crippen LogP contribution >= 0.6 is 0 Å². The van der Waals surface area contributed by atoms with Crippen molar-refractivity contribution in [2.45, 2.75) is 45.4 Å². The Morgan fingerprint density at radius 2 is 1.17 bits per heavy atom. The van der Waals surface area contributed by atoms with Crippen molar-refractivity contribution in [1.29, 1.82) is 0 Å². The van der Waals surface area contributed by atoms with Gasteiger partial charge in [-0.1, -0.05) is 75.4 Å². The van der Waals surface area contributed by atoms with Gasteiger partial charge in [0.1, 0.15) is 0 Å². The predicted octanol–water partition coefficient (Wildman–Crippen LogP) is 4.39. The minimum atomic E-state index is -0.534. The number of esters is 2. The number of aliphatic hydroxyl groups is 2. The molecule has 0 aromatic heterocycles. The fourth-order valence-electron chi connectivity index (χ4n) is 4.03. The summed E-state index contributed by atoms with van der Waals surface area (Å²) in [6.07, 6.45) is 5.62. The third kappa shape index (κ3) is 13.3. The quantitative estimate of drug-likeness (QED) is 0.130. The van der Waals surface area contributed by atoms with Gasteiger partial charge in [-0.25, -0.2) is 9.59 Å². The normalized spacial score (nSPS) is 10.8. The minimum Gasteiger partial charge on any atom is -0.462 e.